The van der Waals surface area contributed by atoms with E-state index in [1.807, 2.05) is 0 Å². The van der Waals surface area contributed by atoms with E-state index in [0.717, 1.165) is 12.1 Å². The minimum atomic E-state index is -4.29. The summed E-state index contributed by atoms with van der Waals surface area (Å²) in [6.45, 7) is 0. The van der Waals surface area contributed by atoms with Crippen LogP contribution in [0.2, 0.25) is 0 Å². The van der Waals surface area contributed by atoms with Crippen molar-refractivity contribution in [1.29, 1.82) is 0 Å². The highest BCUT2D eigenvalue weighted by Crippen LogP contribution is 2.29. The molecular formula is C8H3ClFNO4S. The minimum absolute atomic E-state index is 0.0587. The van der Waals surface area contributed by atoms with Gasteiger partial charge in [0.2, 0.25) is 0 Å². The van der Waals surface area contributed by atoms with E-state index < -0.39 is 31.5 Å². The number of hydrogen-bond donors (Lipinski definition) is 1. The first kappa shape index (κ1) is 11.0. The maximum absolute atomic E-state index is 13.3. The Morgan fingerprint density at radius 2 is 1.88 bits per heavy atom. The summed E-state index contributed by atoms with van der Waals surface area (Å²) in [5, 5.41) is 2.10. The number of nitrogens with one attached hydrogen (secondary N) is 1. The summed E-state index contributed by atoms with van der Waals surface area (Å²) < 4.78 is 35.2. The van der Waals surface area contributed by atoms with Gasteiger partial charge < -0.3 is 5.32 Å². The molecule has 1 N–H and O–H groups in total. The number of hydrogen-bond acceptors (Lipinski definition) is 4. The SMILES string of the molecule is O=C1Nc2cc(F)c(S(=O)(=O)Cl)cc2C1=O. The standard InChI is InChI=1S/C8H3ClFNO4S/c9-16(14,15)6-1-3-5(2-4(6)10)11-8(13)7(3)12/h1-2H,(H,11,12,13). The van der Waals surface area contributed by atoms with Crippen LogP contribution in [-0.2, 0) is 13.8 Å². The summed E-state index contributed by atoms with van der Waals surface area (Å²) in [5.41, 5.74) is -0.262. The fraction of sp³-hybridized carbons (Fsp3) is 0. The topological polar surface area (TPSA) is 80.3 Å². The molecule has 0 radical (unpaired) electrons. The third-order valence-electron chi connectivity index (χ3n) is 2.03. The summed E-state index contributed by atoms with van der Waals surface area (Å²) >= 11 is 0. The first-order valence-electron chi connectivity index (χ1n) is 3.94. The van der Waals surface area contributed by atoms with Crippen LogP contribution >= 0.6 is 10.7 Å². The second kappa shape index (κ2) is 3.26. The lowest BCUT2D eigenvalue weighted by Crippen LogP contribution is -2.12. The molecule has 0 atom stereocenters. The first-order chi connectivity index (χ1) is 7.30. The van der Waals surface area contributed by atoms with Crippen molar-refractivity contribution in [3.05, 3.63) is 23.5 Å². The van der Waals surface area contributed by atoms with E-state index in [0.29, 0.717) is 0 Å². The van der Waals surface area contributed by atoms with Gasteiger partial charge in [-0.2, -0.15) is 0 Å². The molecule has 1 amide bonds. The molecule has 5 nitrogen and oxygen atoms in total. The fourth-order valence-corrected chi connectivity index (χ4v) is 2.24. The summed E-state index contributed by atoms with van der Waals surface area (Å²) in [6, 6.07) is 1.49. The molecule has 0 aromatic heterocycles. The van der Waals surface area contributed by atoms with Crippen LogP contribution in [0.1, 0.15) is 10.4 Å². The van der Waals surface area contributed by atoms with Gasteiger partial charge in [0.25, 0.3) is 20.7 Å². The third kappa shape index (κ3) is 1.57. The maximum Gasteiger partial charge on any atom is 0.296 e. The molecule has 0 saturated carbocycles. The molecule has 1 aliphatic rings. The molecule has 0 fully saturated rings. The second-order valence-electron chi connectivity index (χ2n) is 3.05. The van der Waals surface area contributed by atoms with Crippen molar-refractivity contribution in [3.8, 4) is 0 Å². The summed E-state index contributed by atoms with van der Waals surface area (Å²) in [5.74, 6) is -2.97. The number of benzene rings is 1. The Morgan fingerprint density at radius 1 is 1.25 bits per heavy atom. The average molecular weight is 264 g/mol. The highest BCUT2D eigenvalue weighted by Gasteiger charge is 2.31. The van der Waals surface area contributed by atoms with Crippen LogP contribution < -0.4 is 5.32 Å². The molecule has 0 aliphatic carbocycles. The van der Waals surface area contributed by atoms with Gasteiger partial charge in [-0.1, -0.05) is 0 Å². The van der Waals surface area contributed by atoms with Gasteiger partial charge in [-0.3, -0.25) is 9.59 Å². The van der Waals surface area contributed by atoms with E-state index >= 15 is 0 Å². The predicted octanol–water partition coefficient (Wildman–Crippen LogP) is 0.888. The zero-order valence-corrected chi connectivity index (χ0v) is 9.02. The average Bonchev–Trinajstić information content (AvgIpc) is 2.39. The molecule has 1 aromatic carbocycles. The molecule has 2 rings (SSSR count). The number of fused-ring (bicyclic) bond motifs is 1. The molecular weight excluding hydrogens is 261 g/mol. The number of Topliss-reactive ketones (excluding diaryl/α,β-unsaturated/α-hetero) is 1. The van der Waals surface area contributed by atoms with Crippen LogP contribution in [0.3, 0.4) is 0 Å². The van der Waals surface area contributed by atoms with E-state index in [4.69, 9.17) is 10.7 Å². The maximum atomic E-state index is 13.3. The molecule has 1 aliphatic heterocycles. The fourth-order valence-electron chi connectivity index (χ4n) is 1.33. The normalized spacial score (nSPS) is 14.9. The Kier molecular flexibility index (Phi) is 2.25. The molecule has 0 saturated heterocycles. The summed E-state index contributed by atoms with van der Waals surface area (Å²) in [6.07, 6.45) is 0. The van der Waals surface area contributed by atoms with Crippen molar-refractivity contribution in [2.75, 3.05) is 5.32 Å². The first-order valence-corrected chi connectivity index (χ1v) is 6.25. The van der Waals surface area contributed by atoms with Crippen molar-refractivity contribution in [3.63, 3.8) is 0 Å². The summed E-state index contributed by atoms with van der Waals surface area (Å²) in [4.78, 5) is 21.3. The molecule has 16 heavy (non-hydrogen) atoms. The van der Waals surface area contributed by atoms with Crippen LogP contribution in [-0.4, -0.2) is 20.1 Å². The van der Waals surface area contributed by atoms with Gasteiger partial charge in [0, 0.05) is 10.7 Å². The summed E-state index contributed by atoms with van der Waals surface area (Å²) in [7, 11) is 0.675. The van der Waals surface area contributed by atoms with Gasteiger partial charge in [0.1, 0.15) is 10.7 Å². The van der Waals surface area contributed by atoms with Crippen molar-refractivity contribution < 1.29 is 22.4 Å². The highest BCUT2D eigenvalue weighted by molar-refractivity contribution is 8.13. The third-order valence-corrected chi connectivity index (χ3v) is 3.37. The lowest BCUT2D eigenvalue weighted by Gasteiger charge is -2.01. The zero-order chi connectivity index (χ0) is 12.1. The van der Waals surface area contributed by atoms with Crippen LogP contribution in [0, 0.1) is 5.82 Å². The lowest BCUT2D eigenvalue weighted by molar-refractivity contribution is -0.112. The van der Waals surface area contributed by atoms with Crippen molar-refractivity contribution in [1.82, 2.24) is 0 Å². The lowest BCUT2D eigenvalue weighted by atomic mass is 10.1. The zero-order valence-electron chi connectivity index (χ0n) is 7.45. The van der Waals surface area contributed by atoms with Gasteiger partial charge >= 0.3 is 0 Å². The van der Waals surface area contributed by atoms with Gasteiger partial charge in [0.05, 0.1) is 11.3 Å². The Labute approximate surface area is 93.6 Å². The number of carbonyl (C=O) groups excluding carboxylic acids is 2. The molecule has 0 spiro atoms. The van der Waals surface area contributed by atoms with Crippen LogP contribution in [0.4, 0.5) is 10.1 Å². The van der Waals surface area contributed by atoms with E-state index in [2.05, 4.69) is 5.32 Å². The Morgan fingerprint density at radius 3 is 2.44 bits per heavy atom. The van der Waals surface area contributed by atoms with Crippen LogP contribution in [0.5, 0.6) is 0 Å². The largest absolute Gasteiger partial charge is 0.318 e. The molecule has 1 aromatic rings. The second-order valence-corrected chi connectivity index (χ2v) is 5.58. The van der Waals surface area contributed by atoms with Gasteiger partial charge in [-0.05, 0) is 12.1 Å². The molecule has 84 valence electrons. The minimum Gasteiger partial charge on any atom is -0.318 e. The van der Waals surface area contributed by atoms with Gasteiger partial charge in [0.15, 0.2) is 0 Å². The number of carbonyl (C=O) groups is 2. The van der Waals surface area contributed by atoms with E-state index in [-0.39, 0.29) is 11.3 Å². The molecule has 1 heterocycles. The monoisotopic (exact) mass is 263 g/mol. The van der Waals surface area contributed by atoms with Crippen LogP contribution in [0.25, 0.3) is 0 Å². The van der Waals surface area contributed by atoms with Crippen molar-refractivity contribution in [2.24, 2.45) is 0 Å². The predicted molar refractivity (Wildman–Crippen MR) is 52.4 cm³/mol. The highest BCUT2D eigenvalue weighted by atomic mass is 35.7. The molecule has 0 bridgehead atoms. The van der Waals surface area contributed by atoms with E-state index in [1.54, 1.807) is 0 Å². The number of ketones is 1. The number of halogens is 2. The van der Waals surface area contributed by atoms with Gasteiger partial charge in [-0.15, -0.1) is 0 Å². The van der Waals surface area contributed by atoms with Gasteiger partial charge in [-0.25, -0.2) is 12.8 Å². The smallest absolute Gasteiger partial charge is 0.296 e. The van der Waals surface area contributed by atoms with E-state index in [9.17, 15) is 22.4 Å². The van der Waals surface area contributed by atoms with Crippen molar-refractivity contribution >= 4 is 37.1 Å². The Bertz CT molecular complexity index is 625. The van der Waals surface area contributed by atoms with E-state index in [1.165, 1.54) is 0 Å². The number of rotatable bonds is 1. The molecule has 8 heteroatoms. The number of amides is 1. The Hall–Kier alpha value is -1.47. The number of anilines is 1. The molecule has 0 unspecified atom stereocenters. The van der Waals surface area contributed by atoms with Crippen LogP contribution in [0.15, 0.2) is 17.0 Å². The quantitative estimate of drug-likeness (QED) is 0.603. The Balaban J connectivity index is 2.73. The van der Waals surface area contributed by atoms with Crippen molar-refractivity contribution in [2.45, 2.75) is 4.90 Å².